The Kier molecular flexibility index (Phi) is 3.30. The minimum Gasteiger partial charge on any atom is -0.398 e. The molecular formula is C11H11ClN4O. The van der Waals surface area contributed by atoms with Crippen LogP contribution in [0.4, 0.5) is 5.69 Å². The van der Waals surface area contributed by atoms with E-state index >= 15 is 0 Å². The molecule has 88 valence electrons. The Morgan fingerprint density at radius 3 is 2.94 bits per heavy atom. The Balaban J connectivity index is 2.04. The second kappa shape index (κ2) is 4.88. The zero-order chi connectivity index (χ0) is 12.3. The number of amides is 1. The molecule has 0 saturated heterocycles. The molecule has 0 bridgehead atoms. The number of hydrogen-bond acceptors (Lipinski definition) is 3. The number of anilines is 1. The molecule has 17 heavy (non-hydrogen) atoms. The number of hydrogen-bond donors (Lipinski definition) is 3. The van der Waals surface area contributed by atoms with E-state index < -0.39 is 0 Å². The third kappa shape index (κ3) is 2.76. The summed E-state index contributed by atoms with van der Waals surface area (Å²) in [4.78, 5) is 11.8. The van der Waals surface area contributed by atoms with Crippen molar-refractivity contribution < 1.29 is 4.79 Å². The van der Waals surface area contributed by atoms with Crippen LogP contribution in [0.5, 0.6) is 0 Å². The lowest BCUT2D eigenvalue weighted by Crippen LogP contribution is -2.23. The van der Waals surface area contributed by atoms with Crippen LogP contribution in [-0.2, 0) is 6.54 Å². The van der Waals surface area contributed by atoms with Crippen LogP contribution in [0.25, 0.3) is 0 Å². The number of aromatic nitrogens is 2. The minimum atomic E-state index is -0.242. The van der Waals surface area contributed by atoms with Gasteiger partial charge >= 0.3 is 0 Å². The Bertz CT molecular complexity index is 524. The summed E-state index contributed by atoms with van der Waals surface area (Å²) in [6.07, 6.45) is 1.62. The Morgan fingerprint density at radius 2 is 2.29 bits per heavy atom. The van der Waals surface area contributed by atoms with Crippen molar-refractivity contribution >= 4 is 23.2 Å². The number of nitrogen functional groups attached to an aromatic ring is 1. The van der Waals surface area contributed by atoms with Crippen molar-refractivity contribution in [2.75, 3.05) is 5.73 Å². The van der Waals surface area contributed by atoms with Gasteiger partial charge in [0, 0.05) is 16.9 Å². The molecule has 1 aromatic heterocycles. The molecule has 0 aliphatic rings. The highest BCUT2D eigenvalue weighted by molar-refractivity contribution is 6.31. The fraction of sp³-hybridized carbons (Fsp3) is 0.0909. The standard InChI is InChI=1S/C11H11ClN4O/c12-7-1-2-9(10(13)5-7)11(17)14-6-8-3-4-15-16-8/h1-5H,6,13H2,(H,14,17)(H,15,16). The number of nitrogens with two attached hydrogens (primary N) is 1. The lowest BCUT2D eigenvalue weighted by Gasteiger charge is -2.06. The molecule has 1 aromatic carbocycles. The number of aromatic amines is 1. The van der Waals surface area contributed by atoms with Crippen molar-refractivity contribution in [2.24, 2.45) is 0 Å². The molecule has 0 saturated carbocycles. The maximum Gasteiger partial charge on any atom is 0.253 e. The average molecular weight is 251 g/mol. The topological polar surface area (TPSA) is 83.8 Å². The Morgan fingerprint density at radius 1 is 1.47 bits per heavy atom. The zero-order valence-electron chi connectivity index (χ0n) is 8.90. The van der Waals surface area contributed by atoms with Gasteiger partial charge in [0.1, 0.15) is 0 Å². The maximum atomic E-state index is 11.8. The highest BCUT2D eigenvalue weighted by atomic mass is 35.5. The Hall–Kier alpha value is -2.01. The monoisotopic (exact) mass is 250 g/mol. The first-order valence-electron chi connectivity index (χ1n) is 4.98. The summed E-state index contributed by atoms with van der Waals surface area (Å²) in [5.74, 6) is -0.242. The molecule has 4 N–H and O–H groups in total. The van der Waals surface area contributed by atoms with Gasteiger partial charge in [0.2, 0.25) is 0 Å². The number of nitrogens with one attached hydrogen (secondary N) is 2. The normalized spacial score (nSPS) is 10.2. The molecule has 0 fully saturated rings. The number of carbonyl (C=O) groups is 1. The summed E-state index contributed by atoms with van der Waals surface area (Å²) in [6, 6.07) is 6.56. The minimum absolute atomic E-state index is 0.242. The fourth-order valence-corrected chi connectivity index (χ4v) is 1.57. The fourth-order valence-electron chi connectivity index (χ4n) is 1.39. The number of H-pyrrole nitrogens is 1. The summed E-state index contributed by atoms with van der Waals surface area (Å²) < 4.78 is 0. The molecule has 0 aliphatic carbocycles. The van der Waals surface area contributed by atoms with Crippen molar-refractivity contribution in [1.29, 1.82) is 0 Å². The van der Waals surface area contributed by atoms with Gasteiger partial charge in [-0.3, -0.25) is 9.89 Å². The van der Waals surface area contributed by atoms with Crippen molar-refractivity contribution in [3.05, 3.63) is 46.7 Å². The number of halogens is 1. The second-order valence-electron chi connectivity index (χ2n) is 3.50. The van der Waals surface area contributed by atoms with Crippen molar-refractivity contribution in [3.8, 4) is 0 Å². The van der Waals surface area contributed by atoms with E-state index in [9.17, 15) is 4.79 Å². The average Bonchev–Trinajstić information content (AvgIpc) is 2.78. The summed E-state index contributed by atoms with van der Waals surface area (Å²) in [6.45, 7) is 0.376. The van der Waals surface area contributed by atoms with Crippen LogP contribution >= 0.6 is 11.6 Å². The van der Waals surface area contributed by atoms with Crippen molar-refractivity contribution in [1.82, 2.24) is 15.5 Å². The molecule has 1 amide bonds. The van der Waals surface area contributed by atoms with Crippen molar-refractivity contribution in [3.63, 3.8) is 0 Å². The van der Waals surface area contributed by atoms with Crippen LogP contribution in [0.1, 0.15) is 16.1 Å². The number of carbonyl (C=O) groups excluding carboxylic acids is 1. The summed E-state index contributed by atoms with van der Waals surface area (Å²) in [7, 11) is 0. The predicted molar refractivity (Wildman–Crippen MR) is 65.6 cm³/mol. The lowest BCUT2D eigenvalue weighted by atomic mass is 10.1. The van der Waals surface area contributed by atoms with E-state index in [1.165, 1.54) is 0 Å². The van der Waals surface area contributed by atoms with E-state index in [1.807, 2.05) is 0 Å². The SMILES string of the molecule is Nc1cc(Cl)ccc1C(=O)NCc1ccn[nH]1. The van der Waals surface area contributed by atoms with Crippen LogP contribution in [0.15, 0.2) is 30.5 Å². The first-order chi connectivity index (χ1) is 8.16. The second-order valence-corrected chi connectivity index (χ2v) is 3.93. The van der Waals surface area contributed by atoms with Crippen LogP contribution in [0.2, 0.25) is 5.02 Å². The molecule has 0 aliphatic heterocycles. The largest absolute Gasteiger partial charge is 0.398 e. The third-order valence-corrected chi connectivity index (χ3v) is 2.49. The van der Waals surface area contributed by atoms with Gasteiger partial charge in [0.05, 0.1) is 17.8 Å². The van der Waals surface area contributed by atoms with E-state index in [1.54, 1.807) is 30.5 Å². The number of nitrogens with zero attached hydrogens (tertiary/aromatic N) is 1. The predicted octanol–water partition coefficient (Wildman–Crippen LogP) is 1.58. The number of rotatable bonds is 3. The van der Waals surface area contributed by atoms with Gasteiger partial charge in [-0.15, -0.1) is 0 Å². The first-order valence-corrected chi connectivity index (χ1v) is 5.36. The van der Waals surface area contributed by atoms with Gasteiger partial charge in [-0.05, 0) is 24.3 Å². The molecule has 0 spiro atoms. The van der Waals surface area contributed by atoms with E-state index in [2.05, 4.69) is 15.5 Å². The zero-order valence-corrected chi connectivity index (χ0v) is 9.66. The molecule has 0 atom stereocenters. The first kappa shape index (κ1) is 11.5. The molecule has 1 heterocycles. The third-order valence-electron chi connectivity index (χ3n) is 2.26. The van der Waals surface area contributed by atoms with Gasteiger partial charge in [-0.25, -0.2) is 0 Å². The van der Waals surface area contributed by atoms with E-state index in [-0.39, 0.29) is 5.91 Å². The van der Waals surface area contributed by atoms with Crippen LogP contribution in [-0.4, -0.2) is 16.1 Å². The Labute approximate surface area is 103 Å². The van der Waals surface area contributed by atoms with Crippen LogP contribution in [0.3, 0.4) is 0 Å². The smallest absolute Gasteiger partial charge is 0.253 e. The van der Waals surface area contributed by atoms with Gasteiger partial charge < -0.3 is 11.1 Å². The van der Waals surface area contributed by atoms with Gasteiger partial charge in [0.15, 0.2) is 0 Å². The molecule has 0 radical (unpaired) electrons. The molecule has 2 aromatic rings. The van der Waals surface area contributed by atoms with E-state index in [0.717, 1.165) is 5.69 Å². The summed E-state index contributed by atoms with van der Waals surface area (Å²) >= 11 is 5.75. The van der Waals surface area contributed by atoms with Crippen LogP contribution < -0.4 is 11.1 Å². The molecule has 5 nitrogen and oxygen atoms in total. The molecular weight excluding hydrogens is 240 g/mol. The molecule has 6 heteroatoms. The maximum absolute atomic E-state index is 11.8. The molecule has 2 rings (SSSR count). The van der Waals surface area contributed by atoms with E-state index in [0.29, 0.717) is 22.8 Å². The number of benzene rings is 1. The highest BCUT2D eigenvalue weighted by Crippen LogP contribution is 2.17. The van der Waals surface area contributed by atoms with Crippen LogP contribution in [0, 0.1) is 0 Å². The summed E-state index contributed by atoms with van der Waals surface area (Å²) in [5.41, 5.74) is 7.30. The van der Waals surface area contributed by atoms with E-state index in [4.69, 9.17) is 17.3 Å². The van der Waals surface area contributed by atoms with Gasteiger partial charge in [0.25, 0.3) is 5.91 Å². The van der Waals surface area contributed by atoms with Gasteiger partial charge in [-0.2, -0.15) is 5.10 Å². The molecule has 0 unspecified atom stereocenters. The van der Waals surface area contributed by atoms with Gasteiger partial charge in [-0.1, -0.05) is 11.6 Å². The summed E-state index contributed by atoms with van der Waals surface area (Å²) in [5, 5.41) is 9.77. The van der Waals surface area contributed by atoms with Crippen molar-refractivity contribution in [2.45, 2.75) is 6.54 Å². The lowest BCUT2D eigenvalue weighted by molar-refractivity contribution is 0.0951. The highest BCUT2D eigenvalue weighted by Gasteiger charge is 2.09. The quantitative estimate of drug-likeness (QED) is 0.723.